The van der Waals surface area contributed by atoms with Gasteiger partial charge in [0, 0.05) is 18.8 Å². The Morgan fingerprint density at radius 3 is 2.53 bits per heavy atom. The van der Waals surface area contributed by atoms with Crippen molar-refractivity contribution in [2.75, 3.05) is 18.0 Å². The third-order valence-electron chi connectivity index (χ3n) is 3.54. The van der Waals surface area contributed by atoms with Crippen LogP contribution in [0.2, 0.25) is 0 Å². The molecule has 0 spiro atoms. The van der Waals surface area contributed by atoms with Crippen LogP contribution in [-0.2, 0) is 11.0 Å². The fourth-order valence-corrected chi connectivity index (χ4v) is 2.33. The van der Waals surface area contributed by atoms with Crippen LogP contribution in [0.15, 0.2) is 24.3 Å². The third kappa shape index (κ3) is 2.52. The van der Waals surface area contributed by atoms with Gasteiger partial charge in [-0.1, -0.05) is 12.1 Å². The molecule has 1 aliphatic heterocycles. The summed E-state index contributed by atoms with van der Waals surface area (Å²) in [5.41, 5.74) is -1.65. The lowest BCUT2D eigenvalue weighted by Crippen LogP contribution is -2.32. The van der Waals surface area contributed by atoms with Crippen molar-refractivity contribution in [1.82, 2.24) is 0 Å². The molecule has 6 heteroatoms. The normalized spacial score (nSPS) is 23.7. The van der Waals surface area contributed by atoms with Crippen molar-refractivity contribution in [3.05, 3.63) is 29.8 Å². The molecule has 1 saturated heterocycles. The second-order valence-electron chi connectivity index (χ2n) is 5.05. The highest BCUT2D eigenvalue weighted by molar-refractivity contribution is 5.76. The lowest BCUT2D eigenvalue weighted by Gasteiger charge is -2.24. The van der Waals surface area contributed by atoms with Crippen molar-refractivity contribution >= 4 is 11.7 Å². The molecule has 1 N–H and O–H groups in total. The first-order chi connectivity index (χ1) is 8.74. The van der Waals surface area contributed by atoms with E-state index in [1.54, 1.807) is 6.92 Å². The molecule has 104 valence electrons. The van der Waals surface area contributed by atoms with E-state index in [0.29, 0.717) is 13.0 Å². The van der Waals surface area contributed by atoms with Crippen LogP contribution in [0.5, 0.6) is 0 Å². The van der Waals surface area contributed by atoms with E-state index in [4.69, 9.17) is 5.11 Å². The molecule has 0 aromatic heterocycles. The number of hydrogen-bond acceptors (Lipinski definition) is 2. The monoisotopic (exact) mass is 273 g/mol. The molecule has 1 unspecified atom stereocenters. The molecule has 1 aromatic carbocycles. The number of hydrogen-bond donors (Lipinski definition) is 1. The minimum Gasteiger partial charge on any atom is -0.481 e. The number of carbonyl (C=O) groups is 1. The average Bonchev–Trinajstić information content (AvgIpc) is 2.72. The number of alkyl halides is 3. The van der Waals surface area contributed by atoms with Gasteiger partial charge in [0.1, 0.15) is 0 Å². The number of para-hydroxylation sites is 1. The quantitative estimate of drug-likeness (QED) is 0.900. The van der Waals surface area contributed by atoms with Crippen molar-refractivity contribution in [3.8, 4) is 0 Å². The van der Waals surface area contributed by atoms with Gasteiger partial charge in [-0.15, -0.1) is 0 Å². The maximum absolute atomic E-state index is 12.9. The lowest BCUT2D eigenvalue weighted by atomic mass is 9.90. The number of benzene rings is 1. The SMILES string of the molecule is CC1(C(=O)O)CCN(c2ccccc2C(F)(F)F)C1. The Labute approximate surface area is 108 Å². The zero-order valence-electron chi connectivity index (χ0n) is 10.4. The number of nitrogens with zero attached hydrogens (tertiary/aromatic N) is 1. The van der Waals surface area contributed by atoms with Gasteiger partial charge in [-0.25, -0.2) is 0 Å². The molecule has 1 aliphatic rings. The molecule has 0 bridgehead atoms. The summed E-state index contributed by atoms with van der Waals surface area (Å²) in [6.07, 6.45) is -4.09. The Kier molecular flexibility index (Phi) is 3.20. The predicted octanol–water partition coefficient (Wildman–Crippen LogP) is 3.01. The molecule has 19 heavy (non-hydrogen) atoms. The van der Waals surface area contributed by atoms with Crippen LogP contribution in [0.3, 0.4) is 0 Å². The van der Waals surface area contributed by atoms with Gasteiger partial charge in [0.05, 0.1) is 11.0 Å². The molecule has 1 aromatic rings. The summed E-state index contributed by atoms with van der Waals surface area (Å²) in [5, 5.41) is 9.12. The van der Waals surface area contributed by atoms with Crippen LogP contribution < -0.4 is 4.90 Å². The van der Waals surface area contributed by atoms with Gasteiger partial charge in [-0.2, -0.15) is 13.2 Å². The summed E-state index contributed by atoms with van der Waals surface area (Å²) in [6.45, 7) is 1.97. The number of rotatable bonds is 2. The zero-order valence-corrected chi connectivity index (χ0v) is 10.4. The van der Waals surface area contributed by atoms with Gasteiger partial charge in [-0.05, 0) is 25.5 Å². The largest absolute Gasteiger partial charge is 0.481 e. The Balaban J connectivity index is 2.33. The summed E-state index contributed by atoms with van der Waals surface area (Å²) >= 11 is 0. The van der Waals surface area contributed by atoms with Crippen molar-refractivity contribution in [1.29, 1.82) is 0 Å². The molecule has 1 atom stereocenters. The Hall–Kier alpha value is -1.72. The van der Waals surface area contributed by atoms with Gasteiger partial charge in [-0.3, -0.25) is 4.79 Å². The number of carboxylic acids is 1. The summed E-state index contributed by atoms with van der Waals surface area (Å²) < 4.78 is 38.7. The molecular weight excluding hydrogens is 259 g/mol. The summed E-state index contributed by atoms with van der Waals surface area (Å²) in [7, 11) is 0. The van der Waals surface area contributed by atoms with E-state index in [-0.39, 0.29) is 12.2 Å². The van der Waals surface area contributed by atoms with Crippen LogP contribution in [0.4, 0.5) is 18.9 Å². The third-order valence-corrected chi connectivity index (χ3v) is 3.54. The van der Waals surface area contributed by atoms with E-state index in [1.807, 2.05) is 0 Å². The number of anilines is 1. The van der Waals surface area contributed by atoms with Crippen LogP contribution in [0.1, 0.15) is 18.9 Å². The predicted molar refractivity (Wildman–Crippen MR) is 64.0 cm³/mol. The van der Waals surface area contributed by atoms with Crippen molar-refractivity contribution in [2.24, 2.45) is 5.41 Å². The highest BCUT2D eigenvalue weighted by Gasteiger charge is 2.43. The molecule has 3 nitrogen and oxygen atoms in total. The van der Waals surface area contributed by atoms with Crippen LogP contribution in [0.25, 0.3) is 0 Å². The number of aliphatic carboxylic acids is 1. The van der Waals surface area contributed by atoms with Gasteiger partial charge in [0.15, 0.2) is 0 Å². The van der Waals surface area contributed by atoms with Gasteiger partial charge in [0.25, 0.3) is 0 Å². The number of carboxylic acid groups (broad SMARTS) is 1. The summed E-state index contributed by atoms with van der Waals surface area (Å²) in [4.78, 5) is 12.6. The molecular formula is C13H14F3NO2. The molecule has 0 amide bonds. The first-order valence-electron chi connectivity index (χ1n) is 5.89. The highest BCUT2D eigenvalue weighted by Crippen LogP contribution is 2.40. The van der Waals surface area contributed by atoms with E-state index in [9.17, 15) is 18.0 Å². The molecule has 0 aliphatic carbocycles. The second kappa shape index (κ2) is 4.43. The van der Waals surface area contributed by atoms with E-state index >= 15 is 0 Å². The molecule has 0 radical (unpaired) electrons. The molecule has 2 rings (SSSR count). The van der Waals surface area contributed by atoms with E-state index in [0.717, 1.165) is 6.07 Å². The van der Waals surface area contributed by atoms with Crippen molar-refractivity contribution in [2.45, 2.75) is 19.5 Å². The Morgan fingerprint density at radius 1 is 1.37 bits per heavy atom. The van der Waals surface area contributed by atoms with Crippen molar-refractivity contribution < 1.29 is 23.1 Å². The summed E-state index contributed by atoms with van der Waals surface area (Å²) in [6, 6.07) is 5.27. The Morgan fingerprint density at radius 2 is 2.00 bits per heavy atom. The molecule has 1 heterocycles. The first kappa shape index (κ1) is 13.7. The molecule has 0 saturated carbocycles. The average molecular weight is 273 g/mol. The molecule has 1 fully saturated rings. The van der Waals surface area contributed by atoms with Gasteiger partial charge in [0.2, 0.25) is 0 Å². The maximum atomic E-state index is 12.9. The lowest BCUT2D eigenvalue weighted by molar-refractivity contribution is -0.146. The number of halogens is 3. The Bertz CT molecular complexity index is 501. The second-order valence-corrected chi connectivity index (χ2v) is 5.05. The standard InChI is InChI=1S/C13H14F3NO2/c1-12(11(18)19)6-7-17(8-12)10-5-3-2-4-9(10)13(14,15)16/h2-5H,6-8H2,1H3,(H,18,19). The van der Waals surface area contributed by atoms with Crippen LogP contribution >= 0.6 is 0 Å². The minimum atomic E-state index is -4.43. The zero-order chi connectivity index (χ0) is 14.3. The van der Waals surface area contributed by atoms with Gasteiger partial charge < -0.3 is 10.0 Å². The van der Waals surface area contributed by atoms with E-state index in [1.165, 1.54) is 23.1 Å². The summed E-state index contributed by atoms with van der Waals surface area (Å²) in [5.74, 6) is -0.973. The topological polar surface area (TPSA) is 40.5 Å². The van der Waals surface area contributed by atoms with Crippen LogP contribution in [-0.4, -0.2) is 24.2 Å². The fourth-order valence-electron chi connectivity index (χ4n) is 2.33. The van der Waals surface area contributed by atoms with Crippen molar-refractivity contribution in [3.63, 3.8) is 0 Å². The van der Waals surface area contributed by atoms with Crippen LogP contribution in [0, 0.1) is 5.41 Å². The fraction of sp³-hybridized carbons (Fsp3) is 0.462. The smallest absolute Gasteiger partial charge is 0.418 e. The maximum Gasteiger partial charge on any atom is 0.418 e. The van der Waals surface area contributed by atoms with E-state index in [2.05, 4.69) is 0 Å². The van der Waals surface area contributed by atoms with Gasteiger partial charge >= 0.3 is 12.1 Å². The highest BCUT2D eigenvalue weighted by atomic mass is 19.4. The first-order valence-corrected chi connectivity index (χ1v) is 5.89. The van der Waals surface area contributed by atoms with E-state index < -0.39 is 23.1 Å². The minimum absolute atomic E-state index is 0.0555.